The molecule has 2 rings (SSSR count). The average Bonchev–Trinajstić information content (AvgIpc) is 2.59. The first-order chi connectivity index (χ1) is 11.9. The highest BCUT2D eigenvalue weighted by Crippen LogP contribution is 2.29. The summed E-state index contributed by atoms with van der Waals surface area (Å²) in [6, 6.07) is 9.38. The van der Waals surface area contributed by atoms with E-state index in [4.69, 9.17) is 14.7 Å². The highest BCUT2D eigenvalue weighted by atomic mass is 19.1. The van der Waals surface area contributed by atoms with Gasteiger partial charge >= 0.3 is 0 Å². The molecule has 0 aromatic heterocycles. The number of nitriles is 1. The zero-order chi connectivity index (χ0) is 18.4. The predicted molar refractivity (Wildman–Crippen MR) is 87.4 cm³/mol. The lowest BCUT2D eigenvalue weighted by atomic mass is 10.2. The summed E-state index contributed by atoms with van der Waals surface area (Å²) >= 11 is 0. The number of hydrogen-bond donors (Lipinski definition) is 1. The Morgan fingerprint density at radius 2 is 2.00 bits per heavy atom. The first kappa shape index (κ1) is 18.2. The van der Waals surface area contributed by atoms with Gasteiger partial charge < -0.3 is 14.8 Å². The molecule has 0 heterocycles. The van der Waals surface area contributed by atoms with Crippen molar-refractivity contribution in [2.24, 2.45) is 0 Å². The van der Waals surface area contributed by atoms with E-state index in [1.54, 1.807) is 6.92 Å². The number of carbonyl (C=O) groups is 1. The fourth-order valence-electron chi connectivity index (χ4n) is 2.01. The number of anilines is 1. The average molecular weight is 346 g/mol. The quantitative estimate of drug-likeness (QED) is 0.867. The SMILES string of the molecule is CCOc1cc(C#N)ccc1O[C@@H](C)C(=O)Nc1ccc(F)cc1F. The molecule has 0 saturated heterocycles. The molecule has 1 atom stereocenters. The van der Waals surface area contributed by atoms with Gasteiger partial charge in [0, 0.05) is 12.1 Å². The van der Waals surface area contributed by atoms with Crippen LogP contribution in [-0.4, -0.2) is 18.6 Å². The van der Waals surface area contributed by atoms with Crippen molar-refractivity contribution in [3.63, 3.8) is 0 Å². The third-order valence-corrected chi connectivity index (χ3v) is 3.23. The van der Waals surface area contributed by atoms with E-state index in [9.17, 15) is 13.6 Å². The number of nitrogens with one attached hydrogen (secondary N) is 1. The third kappa shape index (κ3) is 4.67. The number of amides is 1. The van der Waals surface area contributed by atoms with Crippen LogP contribution in [0.25, 0.3) is 0 Å². The van der Waals surface area contributed by atoms with Crippen LogP contribution >= 0.6 is 0 Å². The second-order valence-corrected chi connectivity index (χ2v) is 5.08. The van der Waals surface area contributed by atoms with Gasteiger partial charge in [0.1, 0.15) is 11.6 Å². The van der Waals surface area contributed by atoms with Crippen LogP contribution in [-0.2, 0) is 4.79 Å². The summed E-state index contributed by atoms with van der Waals surface area (Å²) in [7, 11) is 0. The Kier molecular flexibility index (Phi) is 5.90. The predicted octanol–water partition coefficient (Wildman–Crippen LogP) is 3.64. The summed E-state index contributed by atoms with van der Waals surface area (Å²) in [5.74, 6) is -1.62. The molecule has 0 aliphatic rings. The molecule has 2 aromatic carbocycles. The van der Waals surface area contributed by atoms with Crippen LogP contribution in [0.2, 0.25) is 0 Å². The summed E-state index contributed by atoms with van der Waals surface area (Å²) in [5, 5.41) is 11.3. The maximum absolute atomic E-state index is 13.6. The fraction of sp³-hybridized carbons (Fsp3) is 0.222. The summed E-state index contributed by atoms with van der Waals surface area (Å²) in [6.45, 7) is 3.60. The van der Waals surface area contributed by atoms with E-state index in [0.29, 0.717) is 24.0 Å². The van der Waals surface area contributed by atoms with Gasteiger partial charge in [-0.3, -0.25) is 4.79 Å². The molecule has 1 N–H and O–H groups in total. The van der Waals surface area contributed by atoms with E-state index in [0.717, 1.165) is 12.1 Å². The van der Waals surface area contributed by atoms with Crippen molar-refractivity contribution in [2.75, 3.05) is 11.9 Å². The number of carbonyl (C=O) groups excluding carboxylic acids is 1. The fourth-order valence-corrected chi connectivity index (χ4v) is 2.01. The van der Waals surface area contributed by atoms with Crippen LogP contribution in [0.15, 0.2) is 36.4 Å². The minimum absolute atomic E-state index is 0.147. The molecule has 0 aliphatic heterocycles. The van der Waals surface area contributed by atoms with Crippen molar-refractivity contribution in [3.8, 4) is 17.6 Å². The van der Waals surface area contributed by atoms with Gasteiger partial charge in [-0.25, -0.2) is 8.78 Å². The Hall–Kier alpha value is -3.14. The lowest BCUT2D eigenvalue weighted by molar-refractivity contribution is -0.122. The van der Waals surface area contributed by atoms with Crippen LogP contribution in [0.4, 0.5) is 14.5 Å². The maximum Gasteiger partial charge on any atom is 0.265 e. The lowest BCUT2D eigenvalue weighted by Crippen LogP contribution is -2.30. The standard InChI is InChI=1S/C18H16F2N2O3/c1-3-24-17-8-12(10-21)4-7-16(17)25-11(2)18(23)22-15-6-5-13(19)9-14(15)20/h4-9,11H,3H2,1-2H3,(H,22,23)/t11-/m0/s1. The van der Waals surface area contributed by atoms with Gasteiger partial charge in [0.25, 0.3) is 5.91 Å². The van der Waals surface area contributed by atoms with Gasteiger partial charge in [-0.05, 0) is 38.1 Å². The van der Waals surface area contributed by atoms with Crippen molar-refractivity contribution >= 4 is 11.6 Å². The van der Waals surface area contributed by atoms with Crippen molar-refractivity contribution in [1.82, 2.24) is 0 Å². The smallest absolute Gasteiger partial charge is 0.265 e. The van der Waals surface area contributed by atoms with Gasteiger partial charge in [-0.2, -0.15) is 5.26 Å². The minimum Gasteiger partial charge on any atom is -0.490 e. The van der Waals surface area contributed by atoms with Gasteiger partial charge in [0.15, 0.2) is 17.6 Å². The number of benzene rings is 2. The molecule has 1 amide bonds. The Labute approximate surface area is 143 Å². The Morgan fingerprint density at radius 3 is 2.64 bits per heavy atom. The van der Waals surface area contributed by atoms with Gasteiger partial charge in [-0.15, -0.1) is 0 Å². The molecular formula is C18H16F2N2O3. The molecule has 5 nitrogen and oxygen atoms in total. The van der Waals surface area contributed by atoms with Crippen LogP contribution < -0.4 is 14.8 Å². The number of ether oxygens (including phenoxy) is 2. The molecule has 0 bridgehead atoms. The van der Waals surface area contributed by atoms with Crippen LogP contribution in [0.1, 0.15) is 19.4 Å². The summed E-state index contributed by atoms with van der Waals surface area (Å²) < 4.78 is 37.5. The summed E-state index contributed by atoms with van der Waals surface area (Å²) in [6.07, 6.45) is -0.975. The van der Waals surface area contributed by atoms with Crippen molar-refractivity contribution < 1.29 is 23.0 Å². The molecule has 7 heteroatoms. The largest absolute Gasteiger partial charge is 0.490 e. The van der Waals surface area contributed by atoms with E-state index in [1.165, 1.54) is 25.1 Å². The Bertz CT molecular complexity index is 818. The Balaban J connectivity index is 2.12. The van der Waals surface area contributed by atoms with E-state index < -0.39 is 23.6 Å². The molecule has 0 spiro atoms. The highest BCUT2D eigenvalue weighted by Gasteiger charge is 2.19. The van der Waals surface area contributed by atoms with Gasteiger partial charge in [0.2, 0.25) is 0 Å². The second kappa shape index (κ2) is 8.11. The topological polar surface area (TPSA) is 71.3 Å². The van der Waals surface area contributed by atoms with E-state index in [-0.39, 0.29) is 11.4 Å². The van der Waals surface area contributed by atoms with E-state index in [1.807, 2.05) is 6.07 Å². The molecule has 0 saturated carbocycles. The van der Waals surface area contributed by atoms with Crippen molar-refractivity contribution in [2.45, 2.75) is 20.0 Å². The normalized spacial score (nSPS) is 11.3. The molecule has 0 fully saturated rings. The first-order valence-corrected chi connectivity index (χ1v) is 7.54. The Morgan fingerprint density at radius 1 is 1.24 bits per heavy atom. The van der Waals surface area contributed by atoms with Crippen LogP contribution in [0.5, 0.6) is 11.5 Å². The molecule has 0 radical (unpaired) electrons. The number of nitrogens with zero attached hydrogens (tertiary/aromatic N) is 1. The molecular weight excluding hydrogens is 330 g/mol. The van der Waals surface area contributed by atoms with Crippen molar-refractivity contribution in [3.05, 3.63) is 53.6 Å². The third-order valence-electron chi connectivity index (χ3n) is 3.23. The second-order valence-electron chi connectivity index (χ2n) is 5.08. The van der Waals surface area contributed by atoms with Crippen LogP contribution in [0, 0.1) is 23.0 Å². The van der Waals surface area contributed by atoms with Gasteiger partial charge in [-0.1, -0.05) is 0 Å². The summed E-state index contributed by atoms with van der Waals surface area (Å²) in [4.78, 5) is 12.2. The first-order valence-electron chi connectivity index (χ1n) is 7.54. The zero-order valence-corrected chi connectivity index (χ0v) is 13.7. The van der Waals surface area contributed by atoms with Gasteiger partial charge in [0.05, 0.1) is 23.9 Å². The number of halogens is 2. The molecule has 130 valence electrons. The van der Waals surface area contributed by atoms with Crippen molar-refractivity contribution in [1.29, 1.82) is 5.26 Å². The van der Waals surface area contributed by atoms with E-state index >= 15 is 0 Å². The monoisotopic (exact) mass is 346 g/mol. The highest BCUT2D eigenvalue weighted by molar-refractivity contribution is 5.94. The molecule has 2 aromatic rings. The lowest BCUT2D eigenvalue weighted by Gasteiger charge is -2.17. The van der Waals surface area contributed by atoms with Crippen LogP contribution in [0.3, 0.4) is 0 Å². The maximum atomic E-state index is 13.6. The zero-order valence-electron chi connectivity index (χ0n) is 13.7. The minimum atomic E-state index is -0.975. The number of hydrogen-bond acceptors (Lipinski definition) is 4. The molecule has 0 unspecified atom stereocenters. The summed E-state index contributed by atoms with van der Waals surface area (Å²) in [5.41, 5.74) is 0.244. The number of rotatable bonds is 6. The molecule has 25 heavy (non-hydrogen) atoms. The van der Waals surface area contributed by atoms with E-state index in [2.05, 4.69) is 5.32 Å². The molecule has 0 aliphatic carbocycles.